The Bertz CT molecular complexity index is 1640. The van der Waals surface area contributed by atoms with Gasteiger partial charge in [-0.3, -0.25) is 19.3 Å². The van der Waals surface area contributed by atoms with Crippen molar-refractivity contribution >= 4 is 40.1 Å². The van der Waals surface area contributed by atoms with Gasteiger partial charge in [0.25, 0.3) is 17.4 Å². The van der Waals surface area contributed by atoms with Crippen LogP contribution in [0.4, 0.5) is 5.69 Å². The molecule has 2 aliphatic heterocycles. The quantitative estimate of drug-likeness (QED) is 0.234. The van der Waals surface area contributed by atoms with E-state index < -0.39 is 11.7 Å². The van der Waals surface area contributed by atoms with Crippen molar-refractivity contribution in [2.45, 2.75) is 25.0 Å². The second-order valence-corrected chi connectivity index (χ2v) is 10.9. The third-order valence-electron chi connectivity index (χ3n) is 7.54. The molecule has 1 saturated heterocycles. The number of aromatic amines is 2. The van der Waals surface area contributed by atoms with Gasteiger partial charge in [-0.15, -0.1) is 0 Å². The minimum atomic E-state index is -0.885. The predicted molar refractivity (Wildman–Crippen MR) is 155 cm³/mol. The fourth-order valence-electron chi connectivity index (χ4n) is 5.36. The number of halogens is 1. The molecule has 0 aliphatic carbocycles. The highest BCUT2D eigenvalue weighted by Gasteiger charge is 2.41. The minimum absolute atomic E-state index is 0.0126. The van der Waals surface area contributed by atoms with Crippen LogP contribution < -0.4 is 15.6 Å². The zero-order chi connectivity index (χ0) is 28.7. The number of likely N-dealkylation sites (tertiary alicyclic amines) is 1. The molecule has 0 spiro atoms. The first-order valence-electron chi connectivity index (χ1n) is 13.4. The maximum atomic E-state index is 13.3. The number of carbonyl (C=O) groups excluding carboxylic acids is 2. The average molecular weight is 577 g/mol. The van der Waals surface area contributed by atoms with Gasteiger partial charge in [0.15, 0.2) is 0 Å². The Morgan fingerprint density at radius 3 is 2.63 bits per heavy atom. The number of imidazole rings is 1. The number of hydrogen-bond donors (Lipinski definition) is 4. The minimum Gasteiger partial charge on any atom is -0.491 e. The van der Waals surface area contributed by atoms with Crippen LogP contribution in [-0.4, -0.2) is 87.1 Å². The number of amides is 2. The van der Waals surface area contributed by atoms with Crippen molar-refractivity contribution in [3.63, 3.8) is 0 Å². The van der Waals surface area contributed by atoms with Gasteiger partial charge >= 0.3 is 0 Å². The summed E-state index contributed by atoms with van der Waals surface area (Å²) in [6.07, 6.45) is 2.10. The lowest BCUT2D eigenvalue weighted by Crippen LogP contribution is -2.46. The van der Waals surface area contributed by atoms with Gasteiger partial charge in [-0.2, -0.15) is 0 Å². The summed E-state index contributed by atoms with van der Waals surface area (Å²) in [7, 11) is 2.03. The van der Waals surface area contributed by atoms with Gasteiger partial charge in [-0.25, -0.2) is 4.98 Å². The highest BCUT2D eigenvalue weighted by molar-refractivity contribution is 6.30. The first-order chi connectivity index (χ1) is 19.8. The lowest BCUT2D eigenvalue weighted by atomic mass is 10.0. The highest BCUT2D eigenvalue weighted by atomic mass is 35.5. The van der Waals surface area contributed by atoms with Crippen LogP contribution in [0, 0.1) is 0 Å². The molecule has 4 heterocycles. The molecule has 2 aliphatic rings. The summed E-state index contributed by atoms with van der Waals surface area (Å²) in [4.78, 5) is 53.4. The van der Waals surface area contributed by atoms with Gasteiger partial charge in [-0.05, 0) is 69.4 Å². The van der Waals surface area contributed by atoms with Crippen LogP contribution in [0.5, 0.6) is 5.75 Å². The number of carbonyl (C=O) groups is 2. The number of H-pyrrole nitrogens is 2. The number of benzene rings is 2. The van der Waals surface area contributed by atoms with E-state index in [1.807, 2.05) is 7.05 Å². The molecule has 41 heavy (non-hydrogen) atoms. The maximum Gasteiger partial charge on any atom is 0.261 e. The molecule has 0 bridgehead atoms. The number of aromatic nitrogens is 3. The Kier molecular flexibility index (Phi) is 7.24. The molecule has 11 nitrogen and oxygen atoms in total. The van der Waals surface area contributed by atoms with Gasteiger partial charge < -0.3 is 30.0 Å². The van der Waals surface area contributed by atoms with E-state index in [1.54, 1.807) is 42.5 Å². The number of fused-ring (bicyclic) bond motifs is 2. The molecule has 4 N–H and O–H groups in total. The monoisotopic (exact) mass is 576 g/mol. The molecule has 12 heteroatoms. The highest BCUT2D eigenvalue weighted by Crippen LogP contribution is 2.32. The number of nitrogens with one attached hydrogen (secondary N) is 3. The van der Waals surface area contributed by atoms with Crippen LogP contribution in [0.15, 0.2) is 53.5 Å². The van der Waals surface area contributed by atoms with Crippen LogP contribution in [0.2, 0.25) is 5.02 Å². The van der Waals surface area contributed by atoms with Crippen molar-refractivity contribution in [2.75, 3.05) is 38.6 Å². The number of rotatable bonds is 8. The van der Waals surface area contributed by atoms with Crippen molar-refractivity contribution in [3.05, 3.63) is 75.2 Å². The van der Waals surface area contributed by atoms with E-state index in [9.17, 15) is 19.5 Å². The number of piperidine rings is 1. The number of hydrogen-bond acceptors (Lipinski definition) is 8. The van der Waals surface area contributed by atoms with E-state index in [1.165, 1.54) is 11.1 Å². The third kappa shape index (κ3) is 5.31. The number of ether oxygens (including phenoxy) is 1. The Hall–Kier alpha value is -4.19. The normalized spacial score (nSPS) is 16.8. The lowest BCUT2D eigenvalue weighted by molar-refractivity contribution is 0.0516. The Balaban J connectivity index is 1.21. The van der Waals surface area contributed by atoms with Crippen LogP contribution in [0.3, 0.4) is 0 Å². The molecule has 4 aromatic rings. The van der Waals surface area contributed by atoms with Gasteiger partial charge in [0, 0.05) is 23.8 Å². The predicted octanol–water partition coefficient (Wildman–Crippen LogP) is 3.11. The van der Waals surface area contributed by atoms with E-state index in [-0.39, 0.29) is 42.4 Å². The van der Waals surface area contributed by atoms with Crippen molar-refractivity contribution < 1.29 is 19.4 Å². The Morgan fingerprint density at radius 2 is 1.88 bits per heavy atom. The van der Waals surface area contributed by atoms with E-state index in [4.69, 9.17) is 16.3 Å². The molecule has 0 unspecified atom stereocenters. The van der Waals surface area contributed by atoms with E-state index >= 15 is 0 Å². The SMILES string of the molecule is CN1CCC(N2C(=O)c3cc4nc(-c5c(NC[C@@H](O)COc6cccc(Cl)c6)cc[nH]c5=O)[nH]c4cc3C2=O)CC1. The summed E-state index contributed by atoms with van der Waals surface area (Å²) in [5, 5.41) is 14.1. The standard InChI is InChI=1S/C29H29ClN6O5/c1-35-9-6-17(7-10-35)36-28(39)20-12-23-24(13-21(20)29(36)40)34-26(33-23)25-22(5-8-31-27(25)38)32-14-18(37)15-41-19-4-2-3-16(30)11-19/h2-5,8,11-13,17-18,37H,6-7,9-10,14-15H2,1H3,(H,33,34)(H2,31,32,38)/t18-/m1/s1. The number of anilines is 1. The van der Waals surface area contributed by atoms with Gasteiger partial charge in [0.1, 0.15) is 29.8 Å². The first kappa shape index (κ1) is 27.0. The fourth-order valence-corrected chi connectivity index (χ4v) is 5.54. The topological polar surface area (TPSA) is 144 Å². The van der Waals surface area contributed by atoms with Crippen LogP contribution in [0.25, 0.3) is 22.4 Å². The first-order valence-corrected chi connectivity index (χ1v) is 13.8. The zero-order valence-corrected chi connectivity index (χ0v) is 23.1. The molecule has 6 rings (SSSR count). The summed E-state index contributed by atoms with van der Waals surface area (Å²) < 4.78 is 5.60. The van der Waals surface area contributed by atoms with E-state index in [0.29, 0.717) is 38.6 Å². The van der Waals surface area contributed by atoms with Crippen molar-refractivity contribution in [3.8, 4) is 17.1 Å². The van der Waals surface area contributed by atoms with Crippen LogP contribution >= 0.6 is 11.6 Å². The maximum absolute atomic E-state index is 13.3. The van der Waals surface area contributed by atoms with E-state index in [2.05, 4.69) is 25.2 Å². The van der Waals surface area contributed by atoms with E-state index in [0.717, 1.165) is 25.9 Å². The molecule has 2 aromatic carbocycles. The smallest absolute Gasteiger partial charge is 0.261 e. The summed E-state index contributed by atoms with van der Waals surface area (Å²) >= 11 is 5.97. The van der Waals surface area contributed by atoms with Gasteiger partial charge in [0.05, 0.1) is 27.8 Å². The second kappa shape index (κ2) is 11.0. The summed E-state index contributed by atoms with van der Waals surface area (Å²) in [5.41, 5.74) is 1.94. The molecule has 1 atom stereocenters. The Morgan fingerprint density at radius 1 is 1.12 bits per heavy atom. The summed E-state index contributed by atoms with van der Waals surface area (Å²) in [6, 6.07) is 11.7. The molecule has 1 fully saturated rings. The number of aliphatic hydroxyl groups excluding tert-OH is 1. The largest absolute Gasteiger partial charge is 0.491 e. The molecule has 2 aromatic heterocycles. The number of aliphatic hydroxyl groups is 1. The fraction of sp³-hybridized carbons (Fsp3) is 0.310. The summed E-state index contributed by atoms with van der Waals surface area (Å²) in [6.45, 7) is 1.77. The lowest BCUT2D eigenvalue weighted by Gasteiger charge is -2.33. The van der Waals surface area contributed by atoms with Gasteiger partial charge in [-0.1, -0.05) is 17.7 Å². The van der Waals surface area contributed by atoms with Gasteiger partial charge in [0.2, 0.25) is 0 Å². The molecular formula is C29H29ClN6O5. The molecule has 2 amide bonds. The zero-order valence-electron chi connectivity index (χ0n) is 22.3. The van der Waals surface area contributed by atoms with Crippen molar-refractivity contribution in [2.24, 2.45) is 0 Å². The van der Waals surface area contributed by atoms with Crippen LogP contribution in [-0.2, 0) is 0 Å². The number of nitrogens with zero attached hydrogens (tertiary/aromatic N) is 3. The number of imide groups is 1. The summed E-state index contributed by atoms with van der Waals surface area (Å²) in [5.74, 6) is 0.199. The number of pyridine rings is 1. The Labute approximate surface area is 240 Å². The second-order valence-electron chi connectivity index (χ2n) is 10.4. The third-order valence-corrected chi connectivity index (χ3v) is 7.77. The molecule has 212 valence electrons. The average Bonchev–Trinajstić information content (AvgIpc) is 3.47. The molecule has 0 saturated carbocycles. The van der Waals surface area contributed by atoms with Crippen molar-refractivity contribution in [1.82, 2.24) is 24.8 Å². The van der Waals surface area contributed by atoms with Crippen LogP contribution in [0.1, 0.15) is 33.6 Å². The molecule has 0 radical (unpaired) electrons. The van der Waals surface area contributed by atoms with Crippen molar-refractivity contribution in [1.29, 1.82) is 0 Å². The molecular weight excluding hydrogens is 548 g/mol.